The average Bonchev–Trinajstić information content (AvgIpc) is 2.28. The topological polar surface area (TPSA) is 38.3 Å². The lowest BCUT2D eigenvalue weighted by Gasteiger charge is -2.08. The van der Waals surface area contributed by atoms with Crippen LogP contribution in [0.4, 0.5) is 0 Å². The number of hydrogen-bond acceptors (Lipinski definition) is 3. The predicted octanol–water partition coefficient (Wildman–Crippen LogP) is 2.77. The van der Waals surface area contributed by atoms with E-state index in [1.807, 2.05) is 26.0 Å². The first-order chi connectivity index (χ1) is 8.08. The summed E-state index contributed by atoms with van der Waals surface area (Å²) < 4.78 is 5.13. The third-order valence-corrected chi connectivity index (χ3v) is 2.45. The first kappa shape index (κ1) is 14.0. The van der Waals surface area contributed by atoms with E-state index in [1.54, 1.807) is 12.1 Å². The standard InChI is InChI=1S/C13H18ClNO2/c1-10(2)15-8-7-13(16)17-9-11-3-5-12(14)6-4-11/h3-6,10,15H,7-9H2,1-2H3. The van der Waals surface area contributed by atoms with Gasteiger partial charge in [0.1, 0.15) is 6.61 Å². The van der Waals surface area contributed by atoms with Gasteiger partial charge in [-0.25, -0.2) is 0 Å². The molecule has 17 heavy (non-hydrogen) atoms. The highest BCUT2D eigenvalue weighted by molar-refractivity contribution is 6.30. The van der Waals surface area contributed by atoms with Gasteiger partial charge in [0.15, 0.2) is 0 Å². The highest BCUT2D eigenvalue weighted by atomic mass is 35.5. The molecule has 0 saturated carbocycles. The lowest BCUT2D eigenvalue weighted by atomic mass is 10.2. The Labute approximate surface area is 107 Å². The van der Waals surface area contributed by atoms with Crippen molar-refractivity contribution in [3.63, 3.8) is 0 Å². The van der Waals surface area contributed by atoms with Gasteiger partial charge >= 0.3 is 5.97 Å². The molecule has 0 aliphatic heterocycles. The van der Waals surface area contributed by atoms with Gasteiger partial charge in [-0.05, 0) is 17.7 Å². The molecule has 0 fully saturated rings. The number of carbonyl (C=O) groups excluding carboxylic acids is 1. The molecule has 1 rings (SSSR count). The van der Waals surface area contributed by atoms with Crippen molar-refractivity contribution < 1.29 is 9.53 Å². The van der Waals surface area contributed by atoms with Crippen LogP contribution in [0.1, 0.15) is 25.8 Å². The molecule has 0 amide bonds. The van der Waals surface area contributed by atoms with Gasteiger partial charge in [-0.15, -0.1) is 0 Å². The van der Waals surface area contributed by atoms with E-state index in [2.05, 4.69) is 5.32 Å². The van der Waals surface area contributed by atoms with Crippen molar-refractivity contribution in [1.29, 1.82) is 0 Å². The molecule has 0 aliphatic carbocycles. The van der Waals surface area contributed by atoms with Crippen LogP contribution in [0.5, 0.6) is 0 Å². The lowest BCUT2D eigenvalue weighted by Crippen LogP contribution is -2.25. The molecule has 4 heteroatoms. The van der Waals surface area contributed by atoms with Gasteiger partial charge in [0, 0.05) is 17.6 Å². The zero-order valence-electron chi connectivity index (χ0n) is 10.2. The Balaban J connectivity index is 2.21. The number of esters is 1. The molecule has 0 bridgehead atoms. The molecular formula is C13H18ClNO2. The summed E-state index contributed by atoms with van der Waals surface area (Å²) in [6, 6.07) is 7.65. The molecule has 1 N–H and O–H groups in total. The van der Waals surface area contributed by atoms with Crippen LogP contribution in [0.25, 0.3) is 0 Å². The molecule has 0 heterocycles. The fourth-order valence-electron chi connectivity index (χ4n) is 1.28. The summed E-state index contributed by atoms with van der Waals surface area (Å²) in [6.07, 6.45) is 0.395. The summed E-state index contributed by atoms with van der Waals surface area (Å²) in [7, 11) is 0. The van der Waals surface area contributed by atoms with Gasteiger partial charge in [-0.2, -0.15) is 0 Å². The summed E-state index contributed by atoms with van der Waals surface area (Å²) in [5.41, 5.74) is 0.944. The molecule has 0 radical (unpaired) electrons. The van der Waals surface area contributed by atoms with Crippen molar-refractivity contribution in [2.24, 2.45) is 0 Å². The Kier molecular flexibility index (Phi) is 6.01. The Hall–Kier alpha value is -1.06. The number of nitrogens with one attached hydrogen (secondary N) is 1. The number of ether oxygens (including phenoxy) is 1. The van der Waals surface area contributed by atoms with E-state index in [-0.39, 0.29) is 5.97 Å². The predicted molar refractivity (Wildman–Crippen MR) is 69.0 cm³/mol. The summed E-state index contributed by atoms with van der Waals surface area (Å²) in [5, 5.41) is 3.85. The Bertz CT molecular complexity index is 349. The molecule has 1 aromatic rings. The third kappa shape index (κ3) is 6.29. The minimum Gasteiger partial charge on any atom is -0.461 e. The number of benzene rings is 1. The average molecular weight is 256 g/mol. The molecule has 0 atom stereocenters. The largest absolute Gasteiger partial charge is 0.461 e. The molecular weight excluding hydrogens is 238 g/mol. The zero-order chi connectivity index (χ0) is 12.7. The van der Waals surface area contributed by atoms with Crippen molar-refractivity contribution in [2.45, 2.75) is 32.9 Å². The molecule has 94 valence electrons. The van der Waals surface area contributed by atoms with Crippen LogP contribution >= 0.6 is 11.6 Å². The number of carbonyl (C=O) groups is 1. The van der Waals surface area contributed by atoms with Gasteiger partial charge < -0.3 is 10.1 Å². The molecule has 0 spiro atoms. The van der Waals surface area contributed by atoms with Crippen LogP contribution in [0.3, 0.4) is 0 Å². The second-order valence-electron chi connectivity index (χ2n) is 4.15. The summed E-state index contributed by atoms with van der Waals surface area (Å²) in [6.45, 7) is 5.03. The minimum atomic E-state index is -0.187. The van der Waals surface area contributed by atoms with E-state index in [1.165, 1.54) is 0 Å². The minimum absolute atomic E-state index is 0.187. The molecule has 0 unspecified atom stereocenters. The van der Waals surface area contributed by atoms with Crippen molar-refractivity contribution in [2.75, 3.05) is 6.54 Å². The maximum absolute atomic E-state index is 11.4. The van der Waals surface area contributed by atoms with Gasteiger partial charge in [0.05, 0.1) is 6.42 Å². The van der Waals surface area contributed by atoms with E-state index in [4.69, 9.17) is 16.3 Å². The van der Waals surface area contributed by atoms with Crippen LogP contribution in [-0.4, -0.2) is 18.6 Å². The molecule has 0 saturated heterocycles. The summed E-state index contributed by atoms with van der Waals surface area (Å²) >= 11 is 5.76. The maximum Gasteiger partial charge on any atom is 0.307 e. The van der Waals surface area contributed by atoms with E-state index >= 15 is 0 Å². The monoisotopic (exact) mass is 255 g/mol. The van der Waals surface area contributed by atoms with Gasteiger partial charge in [-0.3, -0.25) is 4.79 Å². The van der Waals surface area contributed by atoms with Gasteiger partial charge in [-0.1, -0.05) is 37.6 Å². The fourth-order valence-corrected chi connectivity index (χ4v) is 1.41. The molecule has 0 aliphatic rings. The molecule has 3 nitrogen and oxygen atoms in total. The highest BCUT2D eigenvalue weighted by Gasteiger charge is 2.03. The molecule has 1 aromatic carbocycles. The first-order valence-corrected chi connectivity index (χ1v) is 6.09. The lowest BCUT2D eigenvalue weighted by molar-refractivity contribution is -0.144. The smallest absolute Gasteiger partial charge is 0.307 e. The van der Waals surface area contributed by atoms with Crippen LogP contribution in [0, 0.1) is 0 Å². The third-order valence-electron chi connectivity index (χ3n) is 2.19. The normalized spacial score (nSPS) is 10.6. The number of hydrogen-bond donors (Lipinski definition) is 1. The fraction of sp³-hybridized carbons (Fsp3) is 0.462. The number of halogens is 1. The van der Waals surface area contributed by atoms with Gasteiger partial charge in [0.25, 0.3) is 0 Å². The van der Waals surface area contributed by atoms with E-state index in [0.29, 0.717) is 30.6 Å². The zero-order valence-corrected chi connectivity index (χ0v) is 11.0. The quantitative estimate of drug-likeness (QED) is 0.795. The van der Waals surface area contributed by atoms with Crippen molar-refractivity contribution in [3.05, 3.63) is 34.9 Å². The summed E-state index contributed by atoms with van der Waals surface area (Å²) in [4.78, 5) is 11.4. The van der Waals surface area contributed by atoms with Crippen molar-refractivity contribution in [3.8, 4) is 0 Å². The van der Waals surface area contributed by atoms with E-state index in [9.17, 15) is 4.79 Å². The second-order valence-corrected chi connectivity index (χ2v) is 4.58. The summed E-state index contributed by atoms with van der Waals surface area (Å²) in [5.74, 6) is -0.187. The highest BCUT2D eigenvalue weighted by Crippen LogP contribution is 2.10. The number of rotatable bonds is 6. The van der Waals surface area contributed by atoms with E-state index in [0.717, 1.165) is 5.56 Å². The second kappa shape index (κ2) is 7.30. The van der Waals surface area contributed by atoms with Gasteiger partial charge in [0.2, 0.25) is 0 Å². The maximum atomic E-state index is 11.4. The van der Waals surface area contributed by atoms with Crippen LogP contribution in [-0.2, 0) is 16.1 Å². The first-order valence-electron chi connectivity index (χ1n) is 5.71. The SMILES string of the molecule is CC(C)NCCC(=O)OCc1ccc(Cl)cc1. The Morgan fingerprint density at radius 2 is 2.00 bits per heavy atom. The Morgan fingerprint density at radius 3 is 2.59 bits per heavy atom. The Morgan fingerprint density at radius 1 is 1.35 bits per heavy atom. The van der Waals surface area contributed by atoms with Crippen LogP contribution in [0.15, 0.2) is 24.3 Å². The van der Waals surface area contributed by atoms with Crippen LogP contribution < -0.4 is 5.32 Å². The van der Waals surface area contributed by atoms with Crippen molar-refractivity contribution in [1.82, 2.24) is 5.32 Å². The molecule has 0 aromatic heterocycles. The van der Waals surface area contributed by atoms with Crippen LogP contribution in [0.2, 0.25) is 5.02 Å². The van der Waals surface area contributed by atoms with E-state index < -0.39 is 0 Å². The van der Waals surface area contributed by atoms with Crippen molar-refractivity contribution >= 4 is 17.6 Å².